The van der Waals surface area contributed by atoms with Crippen molar-refractivity contribution in [3.05, 3.63) is 12.2 Å². The molecule has 1 heteroatoms. The molecule has 0 aromatic carbocycles. The molecule has 0 nitrogen and oxygen atoms in total. The van der Waals surface area contributed by atoms with Gasteiger partial charge in [-0.25, -0.2) is 0 Å². The van der Waals surface area contributed by atoms with E-state index in [2.05, 4.69) is 48.9 Å². The second-order valence-electron chi connectivity index (χ2n) is 2.65. The Labute approximate surface area is 72.8 Å². The van der Waals surface area contributed by atoms with Gasteiger partial charge in [-0.1, -0.05) is 48.4 Å². The minimum Gasteiger partial charge on any atom is -0.0917 e. The molecule has 0 aliphatic carbocycles. The zero-order valence-electron chi connectivity index (χ0n) is 7.10. The molecule has 0 aromatic heterocycles. The highest BCUT2D eigenvalue weighted by molar-refractivity contribution is 9.09. The lowest BCUT2D eigenvalue weighted by atomic mass is 9.99. The average Bonchev–Trinajstić information content (AvgIpc) is 1.89. The molecule has 0 bridgehead atoms. The molecule has 0 N–H and O–H groups in total. The predicted molar refractivity (Wildman–Crippen MR) is 51.6 cm³/mol. The fourth-order valence-corrected chi connectivity index (χ4v) is 1.58. The van der Waals surface area contributed by atoms with E-state index in [0.717, 1.165) is 5.92 Å². The van der Waals surface area contributed by atoms with Crippen molar-refractivity contribution in [1.82, 2.24) is 0 Å². The Balaban J connectivity index is 3.60. The third-order valence-corrected chi connectivity index (χ3v) is 2.60. The quantitative estimate of drug-likeness (QED) is 0.484. The Hall–Kier alpha value is 0.220. The van der Waals surface area contributed by atoms with E-state index in [0.29, 0.717) is 4.83 Å². The molecule has 0 fully saturated rings. The smallest absolute Gasteiger partial charge is 0.0148 e. The van der Waals surface area contributed by atoms with Gasteiger partial charge >= 0.3 is 0 Å². The average molecular weight is 205 g/mol. The molecule has 0 aliphatic rings. The summed E-state index contributed by atoms with van der Waals surface area (Å²) in [5.41, 5.74) is 0. The van der Waals surface area contributed by atoms with E-state index < -0.39 is 0 Å². The summed E-state index contributed by atoms with van der Waals surface area (Å²) in [4.78, 5) is 0.647. The largest absolute Gasteiger partial charge is 0.0917 e. The van der Waals surface area contributed by atoms with E-state index in [9.17, 15) is 0 Å². The molecule has 0 aromatic rings. The first-order valence-electron chi connectivity index (χ1n) is 3.97. The summed E-state index contributed by atoms with van der Waals surface area (Å²) in [6.45, 7) is 6.54. The first-order valence-corrected chi connectivity index (χ1v) is 4.89. The van der Waals surface area contributed by atoms with Crippen LogP contribution in [0.3, 0.4) is 0 Å². The van der Waals surface area contributed by atoms with Gasteiger partial charge in [-0.05, 0) is 19.3 Å². The highest BCUT2D eigenvalue weighted by Crippen LogP contribution is 2.19. The van der Waals surface area contributed by atoms with Gasteiger partial charge in [-0.2, -0.15) is 0 Å². The molecule has 60 valence electrons. The molecule has 0 amide bonds. The van der Waals surface area contributed by atoms with Gasteiger partial charge in [-0.3, -0.25) is 0 Å². The monoisotopic (exact) mass is 204 g/mol. The molecule has 0 heterocycles. The van der Waals surface area contributed by atoms with E-state index in [-0.39, 0.29) is 0 Å². The summed E-state index contributed by atoms with van der Waals surface area (Å²) < 4.78 is 0. The number of hydrogen-bond acceptors (Lipinski definition) is 0. The van der Waals surface area contributed by atoms with Crippen LogP contribution in [0.25, 0.3) is 0 Å². The van der Waals surface area contributed by atoms with Crippen LogP contribution in [-0.4, -0.2) is 4.83 Å². The van der Waals surface area contributed by atoms with Crippen molar-refractivity contribution in [3.8, 4) is 0 Å². The minimum atomic E-state index is 0.647. The van der Waals surface area contributed by atoms with Crippen LogP contribution in [0.2, 0.25) is 0 Å². The summed E-state index contributed by atoms with van der Waals surface area (Å²) in [6.07, 6.45) is 6.83. The standard InChI is InChI=1S/C9H17Br/c1-4-6-7-9(5-2)8(3)10/h4,6,8-9H,5,7H2,1-3H3. The molecule has 0 saturated heterocycles. The summed E-state index contributed by atoms with van der Waals surface area (Å²) in [5.74, 6) is 0.802. The van der Waals surface area contributed by atoms with Crippen LogP contribution < -0.4 is 0 Å². The van der Waals surface area contributed by atoms with Crippen molar-refractivity contribution >= 4 is 15.9 Å². The van der Waals surface area contributed by atoms with Gasteiger partial charge in [0.15, 0.2) is 0 Å². The summed E-state index contributed by atoms with van der Waals surface area (Å²) in [5, 5.41) is 0. The van der Waals surface area contributed by atoms with Crippen molar-refractivity contribution in [3.63, 3.8) is 0 Å². The Morgan fingerprint density at radius 1 is 1.50 bits per heavy atom. The molecular formula is C9H17Br. The van der Waals surface area contributed by atoms with Crippen molar-refractivity contribution < 1.29 is 0 Å². The highest BCUT2D eigenvalue weighted by Gasteiger charge is 2.09. The number of alkyl halides is 1. The van der Waals surface area contributed by atoms with Gasteiger partial charge in [0.1, 0.15) is 0 Å². The number of allylic oxidation sites excluding steroid dienone is 2. The highest BCUT2D eigenvalue weighted by atomic mass is 79.9. The fraction of sp³-hybridized carbons (Fsp3) is 0.778. The zero-order valence-corrected chi connectivity index (χ0v) is 8.69. The predicted octanol–water partition coefficient (Wildman–Crippen LogP) is 3.76. The van der Waals surface area contributed by atoms with Crippen LogP contribution in [0.15, 0.2) is 12.2 Å². The molecule has 0 radical (unpaired) electrons. The van der Waals surface area contributed by atoms with E-state index in [1.165, 1.54) is 12.8 Å². The summed E-state index contributed by atoms with van der Waals surface area (Å²) >= 11 is 3.60. The SMILES string of the molecule is CC=CCC(CC)C(C)Br. The van der Waals surface area contributed by atoms with Crippen LogP contribution in [0.4, 0.5) is 0 Å². The second kappa shape index (κ2) is 5.96. The van der Waals surface area contributed by atoms with E-state index in [1.54, 1.807) is 0 Å². The first kappa shape index (κ1) is 10.2. The Bertz CT molecular complexity index is 94.9. The molecule has 0 rings (SSSR count). The maximum atomic E-state index is 3.60. The molecule has 10 heavy (non-hydrogen) atoms. The van der Waals surface area contributed by atoms with Crippen LogP contribution in [-0.2, 0) is 0 Å². The van der Waals surface area contributed by atoms with Crippen LogP contribution in [0, 0.1) is 5.92 Å². The Kier molecular flexibility index (Phi) is 6.10. The van der Waals surface area contributed by atoms with Gasteiger partial charge in [-0.15, -0.1) is 0 Å². The van der Waals surface area contributed by atoms with E-state index in [1.807, 2.05) is 0 Å². The third-order valence-electron chi connectivity index (χ3n) is 1.85. The van der Waals surface area contributed by atoms with Crippen LogP contribution in [0.5, 0.6) is 0 Å². The molecule has 0 saturated carbocycles. The summed E-state index contributed by atoms with van der Waals surface area (Å²) in [7, 11) is 0. The van der Waals surface area contributed by atoms with E-state index in [4.69, 9.17) is 0 Å². The lowest BCUT2D eigenvalue weighted by Gasteiger charge is -2.14. The van der Waals surface area contributed by atoms with Gasteiger partial charge in [0, 0.05) is 4.83 Å². The fourth-order valence-electron chi connectivity index (χ4n) is 0.990. The maximum absolute atomic E-state index is 3.60. The Morgan fingerprint density at radius 3 is 2.40 bits per heavy atom. The first-order chi connectivity index (χ1) is 4.72. The number of rotatable bonds is 4. The van der Waals surface area contributed by atoms with Crippen molar-refractivity contribution in [2.45, 2.75) is 38.4 Å². The van der Waals surface area contributed by atoms with Gasteiger partial charge in [0.05, 0.1) is 0 Å². The molecule has 0 spiro atoms. The maximum Gasteiger partial charge on any atom is 0.0148 e. The minimum absolute atomic E-state index is 0.647. The second-order valence-corrected chi connectivity index (χ2v) is 4.09. The molecular weight excluding hydrogens is 188 g/mol. The topological polar surface area (TPSA) is 0 Å². The molecule has 2 atom stereocenters. The number of halogens is 1. The summed E-state index contributed by atoms with van der Waals surface area (Å²) in [6, 6.07) is 0. The number of hydrogen-bond donors (Lipinski definition) is 0. The van der Waals surface area contributed by atoms with Crippen LogP contribution >= 0.6 is 15.9 Å². The van der Waals surface area contributed by atoms with Gasteiger partial charge < -0.3 is 0 Å². The van der Waals surface area contributed by atoms with Gasteiger partial charge in [0.25, 0.3) is 0 Å². The van der Waals surface area contributed by atoms with Crippen molar-refractivity contribution in [2.24, 2.45) is 5.92 Å². The normalized spacial score (nSPS) is 17.6. The van der Waals surface area contributed by atoms with Crippen molar-refractivity contribution in [2.75, 3.05) is 0 Å². The van der Waals surface area contributed by atoms with Crippen molar-refractivity contribution in [1.29, 1.82) is 0 Å². The molecule has 0 aliphatic heterocycles. The lowest BCUT2D eigenvalue weighted by Crippen LogP contribution is -2.08. The zero-order chi connectivity index (χ0) is 7.98. The van der Waals surface area contributed by atoms with E-state index >= 15 is 0 Å². The van der Waals surface area contributed by atoms with Gasteiger partial charge in [0.2, 0.25) is 0 Å². The molecule has 2 unspecified atom stereocenters. The third kappa shape index (κ3) is 4.10. The Morgan fingerprint density at radius 2 is 2.10 bits per heavy atom. The lowest BCUT2D eigenvalue weighted by molar-refractivity contribution is 0.518. The van der Waals surface area contributed by atoms with Crippen LogP contribution in [0.1, 0.15) is 33.6 Å².